The number of hydrogen-bond donors (Lipinski definition) is 2. The second-order valence-corrected chi connectivity index (χ2v) is 6.67. The molecule has 7 heteroatoms. The van der Waals surface area contributed by atoms with Crippen molar-refractivity contribution in [2.45, 2.75) is 25.3 Å². The van der Waals surface area contributed by atoms with E-state index in [4.69, 9.17) is 5.73 Å². The number of rotatable bonds is 4. The van der Waals surface area contributed by atoms with Gasteiger partial charge in [0.15, 0.2) is 0 Å². The number of nitrogens with zero attached hydrogens (tertiary/aromatic N) is 1. The smallest absolute Gasteiger partial charge is 0.243 e. The molecule has 2 aromatic rings. The summed E-state index contributed by atoms with van der Waals surface area (Å²) >= 11 is 1.42. The number of sulfonamides is 1. The van der Waals surface area contributed by atoms with E-state index < -0.39 is 10.0 Å². The van der Waals surface area contributed by atoms with Gasteiger partial charge in [0.1, 0.15) is 4.90 Å². The van der Waals surface area contributed by atoms with Crippen LogP contribution in [0.4, 0.5) is 5.69 Å². The average molecular weight is 297 g/mol. The maximum absolute atomic E-state index is 12.3. The molecule has 102 valence electrons. The van der Waals surface area contributed by atoms with E-state index in [0.29, 0.717) is 16.9 Å². The molecule has 1 aromatic heterocycles. The van der Waals surface area contributed by atoms with E-state index in [-0.39, 0.29) is 11.4 Å². The third kappa shape index (κ3) is 2.94. The molecule has 0 aliphatic carbocycles. The molecular weight excluding hydrogens is 282 g/mol. The van der Waals surface area contributed by atoms with Crippen molar-refractivity contribution in [3.05, 3.63) is 39.8 Å². The van der Waals surface area contributed by atoms with E-state index in [1.54, 1.807) is 30.8 Å². The van der Waals surface area contributed by atoms with E-state index in [1.165, 1.54) is 11.3 Å². The van der Waals surface area contributed by atoms with Gasteiger partial charge >= 0.3 is 0 Å². The van der Waals surface area contributed by atoms with Crippen molar-refractivity contribution in [3.63, 3.8) is 0 Å². The number of nitrogens with one attached hydrogen (secondary N) is 1. The first kappa shape index (κ1) is 14.0. The number of benzene rings is 1. The van der Waals surface area contributed by atoms with E-state index >= 15 is 0 Å². The maximum atomic E-state index is 12.3. The van der Waals surface area contributed by atoms with Gasteiger partial charge in [-0.1, -0.05) is 12.1 Å². The highest BCUT2D eigenvalue weighted by atomic mass is 32.2. The highest BCUT2D eigenvalue weighted by Gasteiger charge is 2.21. The monoisotopic (exact) mass is 297 g/mol. The third-order valence-corrected chi connectivity index (χ3v) is 5.05. The van der Waals surface area contributed by atoms with Crippen LogP contribution in [0.1, 0.15) is 16.8 Å². The lowest BCUT2D eigenvalue weighted by Crippen LogP contribution is -2.25. The van der Waals surface area contributed by atoms with Crippen LogP contribution >= 0.6 is 11.3 Å². The van der Waals surface area contributed by atoms with E-state index in [1.807, 2.05) is 6.07 Å². The molecule has 19 heavy (non-hydrogen) atoms. The van der Waals surface area contributed by atoms with Gasteiger partial charge in [-0.25, -0.2) is 18.1 Å². The summed E-state index contributed by atoms with van der Waals surface area (Å²) in [6, 6.07) is 3.56. The topological polar surface area (TPSA) is 85.1 Å². The predicted octanol–water partition coefficient (Wildman–Crippen LogP) is 1.82. The minimum atomic E-state index is -3.63. The number of nitrogens with two attached hydrogens (primary N) is 1. The Bertz CT molecular complexity index is 679. The number of aromatic nitrogens is 1. The van der Waals surface area contributed by atoms with Crippen LogP contribution in [0.5, 0.6) is 0 Å². The van der Waals surface area contributed by atoms with Crippen LogP contribution in [0.15, 0.2) is 27.9 Å². The Morgan fingerprint density at radius 1 is 1.32 bits per heavy atom. The zero-order valence-electron chi connectivity index (χ0n) is 10.7. The maximum Gasteiger partial charge on any atom is 0.243 e. The molecular formula is C12H15N3O2S2. The van der Waals surface area contributed by atoms with Crippen molar-refractivity contribution in [3.8, 4) is 0 Å². The summed E-state index contributed by atoms with van der Waals surface area (Å²) in [6.07, 6.45) is 0. The van der Waals surface area contributed by atoms with Crippen LogP contribution in [0.25, 0.3) is 0 Å². The van der Waals surface area contributed by atoms with Gasteiger partial charge in [0.25, 0.3) is 0 Å². The summed E-state index contributed by atoms with van der Waals surface area (Å²) < 4.78 is 27.1. The molecule has 0 saturated carbocycles. The minimum Gasteiger partial charge on any atom is -0.397 e. The lowest BCUT2D eigenvalue weighted by molar-refractivity contribution is 0.580. The molecule has 0 radical (unpaired) electrons. The molecule has 0 bridgehead atoms. The predicted molar refractivity (Wildman–Crippen MR) is 76.5 cm³/mol. The molecule has 0 amide bonds. The summed E-state index contributed by atoms with van der Waals surface area (Å²) in [5, 5.41) is 1.80. The Balaban J connectivity index is 2.32. The Morgan fingerprint density at radius 3 is 2.63 bits per heavy atom. The summed E-state index contributed by atoms with van der Waals surface area (Å²) in [5.41, 5.74) is 9.92. The average Bonchev–Trinajstić information content (AvgIpc) is 2.85. The lowest BCUT2D eigenvalue weighted by Gasteiger charge is -2.13. The first-order valence-electron chi connectivity index (χ1n) is 5.64. The third-order valence-electron chi connectivity index (χ3n) is 2.81. The summed E-state index contributed by atoms with van der Waals surface area (Å²) in [7, 11) is -3.63. The molecule has 1 aromatic carbocycles. The molecule has 0 fully saturated rings. The van der Waals surface area contributed by atoms with Crippen LogP contribution in [0, 0.1) is 13.8 Å². The Morgan fingerprint density at radius 2 is 2.00 bits per heavy atom. The second kappa shape index (κ2) is 5.28. The largest absolute Gasteiger partial charge is 0.397 e. The fraction of sp³-hybridized carbons (Fsp3) is 0.250. The van der Waals surface area contributed by atoms with Crippen LogP contribution in [-0.4, -0.2) is 13.4 Å². The van der Waals surface area contributed by atoms with Crippen LogP contribution in [0.3, 0.4) is 0 Å². The first-order chi connectivity index (χ1) is 8.92. The van der Waals surface area contributed by atoms with Gasteiger partial charge in [-0.15, -0.1) is 11.3 Å². The molecule has 0 atom stereocenters. The van der Waals surface area contributed by atoms with Gasteiger partial charge in [-0.2, -0.15) is 0 Å². The second-order valence-electron chi connectivity index (χ2n) is 4.25. The summed E-state index contributed by atoms with van der Waals surface area (Å²) in [6.45, 7) is 3.68. The number of aryl methyl sites for hydroxylation is 2. The van der Waals surface area contributed by atoms with Crippen LogP contribution < -0.4 is 10.5 Å². The molecule has 0 aliphatic rings. The van der Waals surface area contributed by atoms with E-state index in [9.17, 15) is 8.42 Å². The molecule has 0 unspecified atom stereocenters. The zero-order chi connectivity index (χ0) is 14.0. The zero-order valence-corrected chi connectivity index (χ0v) is 12.3. The number of hydrogen-bond acceptors (Lipinski definition) is 5. The highest BCUT2D eigenvalue weighted by molar-refractivity contribution is 7.89. The van der Waals surface area contributed by atoms with Gasteiger partial charge in [0.2, 0.25) is 10.0 Å². The van der Waals surface area contributed by atoms with Gasteiger partial charge in [-0.3, -0.25) is 0 Å². The van der Waals surface area contributed by atoms with Crippen molar-refractivity contribution < 1.29 is 8.42 Å². The van der Waals surface area contributed by atoms with Crippen molar-refractivity contribution in [2.75, 3.05) is 5.73 Å². The number of anilines is 1. The van der Waals surface area contributed by atoms with Gasteiger partial charge in [0, 0.05) is 5.38 Å². The highest BCUT2D eigenvalue weighted by Crippen LogP contribution is 2.25. The molecule has 3 N–H and O–H groups in total. The normalized spacial score (nSPS) is 11.7. The first-order valence-corrected chi connectivity index (χ1v) is 8.07. The summed E-state index contributed by atoms with van der Waals surface area (Å²) in [5.74, 6) is 0. The van der Waals surface area contributed by atoms with Crippen molar-refractivity contribution >= 4 is 27.0 Å². The molecule has 0 saturated heterocycles. The van der Waals surface area contributed by atoms with Gasteiger partial charge in [-0.05, 0) is 25.0 Å². The quantitative estimate of drug-likeness (QED) is 0.843. The van der Waals surface area contributed by atoms with Crippen LogP contribution in [0.2, 0.25) is 0 Å². The number of nitrogen functional groups attached to an aromatic ring is 1. The fourth-order valence-corrected chi connectivity index (χ4v) is 3.71. The molecule has 1 heterocycles. The minimum absolute atomic E-state index is 0.155. The van der Waals surface area contributed by atoms with Gasteiger partial charge < -0.3 is 5.73 Å². The lowest BCUT2D eigenvalue weighted by atomic mass is 10.1. The standard InChI is InChI=1S/C12H15N3O2S2/c1-8-3-4-9(2)12(11(8)13)19(16,17)15-5-10-6-18-7-14-10/h3-4,6-7,15H,5,13H2,1-2H3. The van der Waals surface area contributed by atoms with E-state index in [2.05, 4.69) is 9.71 Å². The SMILES string of the molecule is Cc1ccc(C)c(S(=O)(=O)NCc2cscn2)c1N. The van der Waals surface area contributed by atoms with Crippen molar-refractivity contribution in [2.24, 2.45) is 0 Å². The molecule has 2 rings (SSSR count). The Hall–Kier alpha value is -1.44. The molecule has 5 nitrogen and oxygen atoms in total. The van der Waals surface area contributed by atoms with Crippen molar-refractivity contribution in [1.82, 2.24) is 9.71 Å². The Kier molecular flexibility index (Phi) is 3.88. The summed E-state index contributed by atoms with van der Waals surface area (Å²) in [4.78, 5) is 4.19. The Labute approximate surface area is 116 Å². The molecule has 0 aliphatic heterocycles. The molecule has 0 spiro atoms. The van der Waals surface area contributed by atoms with Crippen LogP contribution in [-0.2, 0) is 16.6 Å². The number of thiazole rings is 1. The fourth-order valence-electron chi connectivity index (χ4n) is 1.73. The van der Waals surface area contributed by atoms with E-state index in [0.717, 1.165) is 5.56 Å². The van der Waals surface area contributed by atoms with Gasteiger partial charge in [0.05, 0.1) is 23.4 Å². The van der Waals surface area contributed by atoms with Crippen molar-refractivity contribution in [1.29, 1.82) is 0 Å².